The van der Waals surface area contributed by atoms with Gasteiger partial charge in [0.25, 0.3) is 0 Å². The van der Waals surface area contributed by atoms with E-state index in [1.165, 1.54) is 11.1 Å². The van der Waals surface area contributed by atoms with E-state index in [2.05, 4.69) is 50.4 Å². The first-order chi connectivity index (χ1) is 17.3. The predicted octanol–water partition coefficient (Wildman–Crippen LogP) is 5.95. The largest absolute Gasteiger partial charge is 0.354 e. The molecule has 0 aliphatic carbocycles. The maximum atomic E-state index is 13.7. The molecular weight excluding hydrogens is 464 g/mol. The summed E-state index contributed by atoms with van der Waals surface area (Å²) in [6.07, 6.45) is 0.477. The predicted molar refractivity (Wildman–Crippen MR) is 151 cm³/mol. The van der Waals surface area contributed by atoms with Crippen molar-refractivity contribution in [1.29, 1.82) is 0 Å². The Morgan fingerprint density at radius 2 is 1.44 bits per heavy atom. The summed E-state index contributed by atoms with van der Waals surface area (Å²) in [5.74, 6) is 1.29. The Hall–Kier alpha value is -3.05. The molecule has 4 nitrogen and oxygen atoms in total. The third-order valence-electron chi connectivity index (χ3n) is 5.97. The van der Waals surface area contributed by atoms with Gasteiger partial charge in [0.1, 0.15) is 6.04 Å². The van der Waals surface area contributed by atoms with Gasteiger partial charge >= 0.3 is 0 Å². The van der Waals surface area contributed by atoms with Crippen molar-refractivity contribution in [1.82, 2.24) is 10.2 Å². The maximum absolute atomic E-state index is 13.7. The van der Waals surface area contributed by atoms with Gasteiger partial charge in [-0.05, 0) is 36.5 Å². The normalized spacial score (nSPS) is 11.8. The SMILES string of the molecule is Cc1cccc(CSCC(=O)N(Cc2cccc(C)c2)[C@@H](Cc2ccccc2)C(=O)NCC(C)C)c1. The number of aryl methyl sites for hydroxylation is 2. The summed E-state index contributed by atoms with van der Waals surface area (Å²) in [6, 6.07) is 25.9. The number of hydrogen-bond donors (Lipinski definition) is 1. The van der Waals surface area contributed by atoms with Crippen LogP contribution in [-0.4, -0.2) is 35.1 Å². The third-order valence-corrected chi connectivity index (χ3v) is 6.96. The Balaban J connectivity index is 1.84. The van der Waals surface area contributed by atoms with Gasteiger partial charge < -0.3 is 10.2 Å². The van der Waals surface area contributed by atoms with Crippen molar-refractivity contribution in [2.75, 3.05) is 12.3 Å². The molecule has 0 heterocycles. The summed E-state index contributed by atoms with van der Waals surface area (Å²) in [4.78, 5) is 28.9. The van der Waals surface area contributed by atoms with Crippen molar-refractivity contribution >= 4 is 23.6 Å². The highest BCUT2D eigenvalue weighted by Gasteiger charge is 2.30. The minimum atomic E-state index is -0.585. The van der Waals surface area contributed by atoms with Gasteiger partial charge in [-0.15, -0.1) is 11.8 Å². The summed E-state index contributed by atoms with van der Waals surface area (Å²) in [6.45, 7) is 9.25. The van der Waals surface area contributed by atoms with Crippen molar-refractivity contribution in [3.63, 3.8) is 0 Å². The van der Waals surface area contributed by atoms with Crippen LogP contribution in [0.1, 0.15) is 41.7 Å². The molecule has 5 heteroatoms. The van der Waals surface area contributed by atoms with E-state index in [9.17, 15) is 9.59 Å². The molecule has 0 bridgehead atoms. The van der Waals surface area contributed by atoms with Crippen molar-refractivity contribution in [2.24, 2.45) is 5.92 Å². The number of carbonyl (C=O) groups is 2. The molecule has 3 aromatic rings. The fourth-order valence-electron chi connectivity index (χ4n) is 4.12. The number of thioether (sulfide) groups is 1. The molecule has 0 fully saturated rings. The molecule has 0 aliphatic heterocycles. The van der Waals surface area contributed by atoms with Gasteiger partial charge in [-0.2, -0.15) is 0 Å². The van der Waals surface area contributed by atoms with Crippen LogP contribution in [0.5, 0.6) is 0 Å². The molecule has 0 saturated carbocycles. The van der Waals surface area contributed by atoms with E-state index >= 15 is 0 Å². The van der Waals surface area contributed by atoms with Gasteiger partial charge in [0.05, 0.1) is 5.75 Å². The molecule has 36 heavy (non-hydrogen) atoms. The number of amides is 2. The zero-order valence-corrected chi connectivity index (χ0v) is 22.7. The molecule has 1 N–H and O–H groups in total. The van der Waals surface area contributed by atoms with Crippen LogP contribution in [0.4, 0.5) is 0 Å². The second-order valence-corrected chi connectivity index (χ2v) is 10.8. The number of nitrogens with one attached hydrogen (secondary N) is 1. The second kappa shape index (κ2) is 13.9. The lowest BCUT2D eigenvalue weighted by Crippen LogP contribution is -2.51. The van der Waals surface area contributed by atoms with E-state index in [0.29, 0.717) is 31.2 Å². The van der Waals surface area contributed by atoms with Crippen LogP contribution in [0.3, 0.4) is 0 Å². The highest BCUT2D eigenvalue weighted by molar-refractivity contribution is 7.99. The van der Waals surface area contributed by atoms with Crippen LogP contribution in [0.25, 0.3) is 0 Å². The lowest BCUT2D eigenvalue weighted by molar-refractivity contribution is -0.139. The van der Waals surface area contributed by atoms with Crippen LogP contribution >= 0.6 is 11.8 Å². The molecule has 3 rings (SSSR count). The molecule has 3 aromatic carbocycles. The van der Waals surface area contributed by atoms with Crippen LogP contribution in [-0.2, 0) is 28.3 Å². The molecule has 0 saturated heterocycles. The minimum Gasteiger partial charge on any atom is -0.354 e. The van der Waals surface area contributed by atoms with Gasteiger partial charge in [-0.1, -0.05) is 104 Å². The molecule has 2 amide bonds. The van der Waals surface area contributed by atoms with Crippen LogP contribution in [0, 0.1) is 19.8 Å². The fraction of sp³-hybridized carbons (Fsp3) is 0.355. The van der Waals surface area contributed by atoms with Crippen molar-refractivity contribution in [3.05, 3.63) is 107 Å². The number of rotatable bonds is 12. The van der Waals surface area contributed by atoms with Gasteiger partial charge in [-0.3, -0.25) is 9.59 Å². The monoisotopic (exact) mass is 502 g/mol. The molecule has 0 spiro atoms. The zero-order chi connectivity index (χ0) is 25.9. The number of hydrogen-bond acceptors (Lipinski definition) is 3. The fourth-order valence-corrected chi connectivity index (χ4v) is 4.98. The standard InChI is InChI=1S/C31H38N2O2S/c1-23(2)19-32-31(35)29(18-26-12-6-5-7-13-26)33(20-27-14-8-10-24(3)16-27)30(34)22-36-21-28-15-9-11-25(4)17-28/h5-17,23,29H,18-22H2,1-4H3,(H,32,35)/t29-/m0/s1. The Labute approximate surface area is 220 Å². The number of benzene rings is 3. The number of nitrogens with zero attached hydrogens (tertiary/aromatic N) is 1. The van der Waals surface area contributed by atoms with Crippen LogP contribution < -0.4 is 5.32 Å². The Kier molecular flexibility index (Phi) is 10.6. The first kappa shape index (κ1) is 27.5. The molecule has 0 unspecified atom stereocenters. The van der Waals surface area contributed by atoms with Crippen LogP contribution in [0.2, 0.25) is 0 Å². The first-order valence-electron chi connectivity index (χ1n) is 12.6. The van der Waals surface area contributed by atoms with Crippen molar-refractivity contribution < 1.29 is 9.59 Å². The average Bonchev–Trinajstić information content (AvgIpc) is 2.85. The molecule has 0 aliphatic rings. The molecule has 0 aromatic heterocycles. The third kappa shape index (κ3) is 8.87. The molecule has 0 radical (unpaired) electrons. The smallest absolute Gasteiger partial charge is 0.243 e. The average molecular weight is 503 g/mol. The summed E-state index contributed by atoms with van der Waals surface area (Å²) in [7, 11) is 0. The second-order valence-electron chi connectivity index (χ2n) is 9.84. The van der Waals surface area contributed by atoms with Gasteiger partial charge in [0.2, 0.25) is 11.8 Å². The van der Waals surface area contributed by atoms with E-state index in [0.717, 1.165) is 22.4 Å². The zero-order valence-electron chi connectivity index (χ0n) is 21.9. The van der Waals surface area contributed by atoms with Gasteiger partial charge in [0, 0.05) is 25.3 Å². The highest BCUT2D eigenvalue weighted by atomic mass is 32.2. The quantitative estimate of drug-likeness (QED) is 0.333. The van der Waals surface area contributed by atoms with Crippen LogP contribution in [0.15, 0.2) is 78.9 Å². The summed E-state index contributed by atoms with van der Waals surface area (Å²) >= 11 is 1.60. The van der Waals surface area contributed by atoms with E-state index in [1.54, 1.807) is 16.7 Å². The molecule has 190 valence electrons. The summed E-state index contributed by atoms with van der Waals surface area (Å²) in [5, 5.41) is 3.08. The molecular formula is C31H38N2O2S. The lowest BCUT2D eigenvalue weighted by Gasteiger charge is -2.32. The maximum Gasteiger partial charge on any atom is 0.243 e. The van der Waals surface area contributed by atoms with E-state index in [-0.39, 0.29) is 11.8 Å². The number of carbonyl (C=O) groups excluding carboxylic acids is 2. The summed E-state index contributed by atoms with van der Waals surface area (Å²) < 4.78 is 0. The lowest BCUT2D eigenvalue weighted by atomic mass is 10.0. The minimum absolute atomic E-state index is 0.0187. The first-order valence-corrected chi connectivity index (χ1v) is 13.8. The Morgan fingerprint density at radius 3 is 2.08 bits per heavy atom. The topological polar surface area (TPSA) is 49.4 Å². The van der Waals surface area contributed by atoms with E-state index in [4.69, 9.17) is 0 Å². The summed E-state index contributed by atoms with van der Waals surface area (Å²) in [5.41, 5.74) is 5.62. The molecule has 1 atom stereocenters. The van der Waals surface area contributed by atoms with E-state index in [1.807, 2.05) is 61.5 Å². The Morgan fingerprint density at radius 1 is 0.833 bits per heavy atom. The van der Waals surface area contributed by atoms with Gasteiger partial charge in [-0.25, -0.2) is 0 Å². The van der Waals surface area contributed by atoms with Crippen molar-refractivity contribution in [3.8, 4) is 0 Å². The van der Waals surface area contributed by atoms with Gasteiger partial charge in [0.15, 0.2) is 0 Å². The van der Waals surface area contributed by atoms with E-state index < -0.39 is 6.04 Å². The Bertz CT molecular complexity index is 1130. The highest BCUT2D eigenvalue weighted by Crippen LogP contribution is 2.19. The van der Waals surface area contributed by atoms with Crippen molar-refractivity contribution in [2.45, 2.75) is 52.5 Å².